The molecule has 0 bridgehead atoms. The third-order valence-electron chi connectivity index (χ3n) is 4.89. The molecule has 10 heteroatoms. The van der Waals surface area contributed by atoms with E-state index in [-0.39, 0.29) is 17.3 Å². The van der Waals surface area contributed by atoms with E-state index in [1.807, 2.05) is 6.07 Å². The van der Waals surface area contributed by atoms with Crippen LogP contribution in [0.5, 0.6) is 0 Å². The van der Waals surface area contributed by atoms with Crippen molar-refractivity contribution in [2.75, 3.05) is 5.75 Å². The first-order valence-electron chi connectivity index (χ1n) is 8.74. The summed E-state index contributed by atoms with van der Waals surface area (Å²) < 4.78 is 65.8. The number of hydrogen-bond acceptors (Lipinski definition) is 5. The molecule has 3 aromatic rings. The van der Waals surface area contributed by atoms with Gasteiger partial charge in [0.1, 0.15) is 11.2 Å². The van der Waals surface area contributed by atoms with E-state index in [2.05, 4.69) is 15.0 Å². The monoisotopic (exact) mass is 410 g/mol. The van der Waals surface area contributed by atoms with Crippen LogP contribution in [0.2, 0.25) is 0 Å². The van der Waals surface area contributed by atoms with Gasteiger partial charge in [-0.25, -0.2) is 18.4 Å². The molecule has 3 heterocycles. The Balaban J connectivity index is 1.94. The van der Waals surface area contributed by atoms with Gasteiger partial charge in [0, 0.05) is 19.4 Å². The van der Waals surface area contributed by atoms with Crippen molar-refractivity contribution < 1.29 is 21.6 Å². The molecule has 1 aliphatic rings. The van der Waals surface area contributed by atoms with Crippen molar-refractivity contribution in [2.45, 2.75) is 36.8 Å². The van der Waals surface area contributed by atoms with Gasteiger partial charge in [0.15, 0.2) is 21.3 Å². The number of aryl methyl sites for hydroxylation is 1. The zero-order valence-corrected chi connectivity index (χ0v) is 16.0. The molecular weight excluding hydrogens is 393 g/mol. The van der Waals surface area contributed by atoms with Crippen molar-refractivity contribution in [3.63, 3.8) is 0 Å². The predicted octanol–water partition coefficient (Wildman–Crippen LogP) is 3.72. The molecule has 0 amide bonds. The van der Waals surface area contributed by atoms with Crippen LogP contribution in [-0.4, -0.2) is 33.7 Å². The number of imidazole rings is 1. The van der Waals surface area contributed by atoms with Crippen molar-refractivity contribution in [1.29, 1.82) is 0 Å². The Morgan fingerprint density at radius 3 is 2.50 bits per heavy atom. The molecule has 1 saturated carbocycles. The van der Waals surface area contributed by atoms with Crippen LogP contribution in [0, 0.1) is 0 Å². The summed E-state index contributed by atoms with van der Waals surface area (Å²) in [5.74, 6) is 0.274. The lowest BCUT2D eigenvalue weighted by Crippen LogP contribution is -2.13. The molecule has 1 fully saturated rings. The van der Waals surface area contributed by atoms with Crippen LogP contribution in [0.25, 0.3) is 22.7 Å². The smallest absolute Gasteiger partial charge is 0.310 e. The molecule has 4 rings (SSSR count). The number of fused-ring (bicyclic) bond motifs is 1. The van der Waals surface area contributed by atoms with Gasteiger partial charge in [-0.05, 0) is 36.5 Å². The maximum atomic E-state index is 13.1. The van der Waals surface area contributed by atoms with Crippen molar-refractivity contribution >= 4 is 21.0 Å². The fourth-order valence-corrected chi connectivity index (χ4v) is 4.16. The van der Waals surface area contributed by atoms with Gasteiger partial charge in [-0.1, -0.05) is 6.92 Å². The lowest BCUT2D eigenvalue weighted by Gasteiger charge is -2.12. The van der Waals surface area contributed by atoms with Crippen LogP contribution < -0.4 is 0 Å². The second kappa shape index (κ2) is 6.26. The zero-order valence-electron chi connectivity index (χ0n) is 15.2. The van der Waals surface area contributed by atoms with Gasteiger partial charge in [0.2, 0.25) is 0 Å². The van der Waals surface area contributed by atoms with E-state index >= 15 is 0 Å². The normalized spacial score (nSPS) is 15.3. The third-order valence-corrected chi connectivity index (χ3v) is 6.63. The molecule has 0 radical (unpaired) electrons. The van der Waals surface area contributed by atoms with Crippen LogP contribution in [0.1, 0.15) is 36.8 Å². The Bertz CT molecular complexity index is 1180. The van der Waals surface area contributed by atoms with Crippen LogP contribution in [0.3, 0.4) is 0 Å². The Morgan fingerprint density at radius 1 is 1.18 bits per heavy atom. The van der Waals surface area contributed by atoms with E-state index < -0.39 is 26.5 Å². The highest BCUT2D eigenvalue weighted by atomic mass is 32.2. The topological polar surface area (TPSA) is 77.7 Å². The average molecular weight is 410 g/mol. The zero-order chi connectivity index (χ0) is 20.3. The average Bonchev–Trinajstić information content (AvgIpc) is 3.45. The largest absolute Gasteiger partial charge is 0.417 e. The van der Waals surface area contributed by atoms with Gasteiger partial charge < -0.3 is 4.57 Å². The lowest BCUT2D eigenvalue weighted by atomic mass is 10.2. The number of alkyl halides is 3. The van der Waals surface area contributed by atoms with Gasteiger partial charge in [0.05, 0.1) is 16.2 Å². The molecule has 0 atom stereocenters. The summed E-state index contributed by atoms with van der Waals surface area (Å²) in [5, 5.41) is 0. The minimum absolute atomic E-state index is 0.108. The van der Waals surface area contributed by atoms with Crippen molar-refractivity contribution in [2.24, 2.45) is 7.05 Å². The predicted molar refractivity (Wildman–Crippen MR) is 96.4 cm³/mol. The number of halogens is 3. The van der Waals surface area contributed by atoms with Crippen molar-refractivity contribution in [3.05, 3.63) is 35.7 Å². The molecule has 0 aromatic carbocycles. The number of nitrogens with zero attached hydrogens (tertiary/aromatic N) is 4. The fourth-order valence-electron chi connectivity index (χ4n) is 3.10. The number of aromatic nitrogens is 4. The highest BCUT2D eigenvalue weighted by molar-refractivity contribution is 7.91. The molecule has 148 valence electrons. The van der Waals surface area contributed by atoms with Gasteiger partial charge >= 0.3 is 6.18 Å². The number of rotatable bonds is 4. The maximum absolute atomic E-state index is 13.1. The third kappa shape index (κ3) is 3.15. The molecule has 0 spiro atoms. The van der Waals surface area contributed by atoms with E-state index in [0.717, 1.165) is 18.4 Å². The summed E-state index contributed by atoms with van der Waals surface area (Å²) in [7, 11) is -2.33. The fraction of sp³-hybridized carbons (Fsp3) is 0.389. The molecular formula is C18H17F3N4O2S. The lowest BCUT2D eigenvalue weighted by molar-refractivity contribution is -0.138. The van der Waals surface area contributed by atoms with Crippen molar-refractivity contribution in [3.8, 4) is 11.5 Å². The molecule has 0 aliphatic heterocycles. The molecule has 0 unspecified atom stereocenters. The van der Waals surface area contributed by atoms with E-state index in [1.165, 1.54) is 6.92 Å². The molecule has 1 aliphatic carbocycles. The van der Waals surface area contributed by atoms with Crippen LogP contribution in [0.15, 0.2) is 29.4 Å². The highest BCUT2D eigenvalue weighted by Crippen LogP contribution is 2.41. The van der Waals surface area contributed by atoms with Crippen LogP contribution in [0.4, 0.5) is 13.2 Å². The van der Waals surface area contributed by atoms with Gasteiger partial charge in [0.25, 0.3) is 0 Å². The summed E-state index contributed by atoms with van der Waals surface area (Å²) in [4.78, 5) is 12.2. The number of pyridine rings is 2. The molecule has 3 aromatic heterocycles. The second-order valence-corrected chi connectivity index (χ2v) is 9.10. The number of sulfone groups is 1. The van der Waals surface area contributed by atoms with Crippen LogP contribution >= 0.6 is 0 Å². The summed E-state index contributed by atoms with van der Waals surface area (Å²) in [6.07, 6.45) is -0.128. The van der Waals surface area contributed by atoms with Gasteiger partial charge in [-0.3, -0.25) is 4.98 Å². The Hall–Kier alpha value is -2.49. The Labute approximate surface area is 159 Å². The Kier molecular flexibility index (Phi) is 4.22. The minimum Gasteiger partial charge on any atom is -0.310 e. The summed E-state index contributed by atoms with van der Waals surface area (Å²) >= 11 is 0. The first-order chi connectivity index (χ1) is 13.1. The molecule has 28 heavy (non-hydrogen) atoms. The Morgan fingerprint density at radius 2 is 1.89 bits per heavy atom. The maximum Gasteiger partial charge on any atom is 0.417 e. The van der Waals surface area contributed by atoms with Crippen molar-refractivity contribution in [1.82, 2.24) is 19.5 Å². The summed E-state index contributed by atoms with van der Waals surface area (Å²) in [5.41, 5.74) is 0.905. The van der Waals surface area contributed by atoms with E-state index in [9.17, 15) is 21.6 Å². The first kappa shape index (κ1) is 18.9. The first-order valence-corrected chi connectivity index (χ1v) is 10.4. The highest BCUT2D eigenvalue weighted by Gasteiger charge is 2.34. The quantitative estimate of drug-likeness (QED) is 0.655. The molecule has 0 saturated heterocycles. The van der Waals surface area contributed by atoms with Gasteiger partial charge in [-0.2, -0.15) is 13.2 Å². The second-order valence-electron chi connectivity index (χ2n) is 6.85. The van der Waals surface area contributed by atoms with E-state index in [4.69, 9.17) is 0 Å². The number of hydrogen-bond donors (Lipinski definition) is 0. The summed E-state index contributed by atoms with van der Waals surface area (Å²) in [6.45, 7) is 1.37. The SMILES string of the molecule is CCS(=O)(=O)c1cc(C(F)(F)F)cnc1-c1nc2cc(C3CC3)cnc2n1C. The van der Waals surface area contributed by atoms with E-state index in [0.29, 0.717) is 29.3 Å². The van der Waals surface area contributed by atoms with Crippen LogP contribution in [-0.2, 0) is 23.1 Å². The molecule has 0 N–H and O–H groups in total. The standard InChI is InChI=1S/C18H17F3N4O2S/c1-3-28(26,27)14-7-12(18(19,20)21)9-22-15(14)17-24-13-6-11(10-4-5-10)8-23-16(13)25(17)2/h6-10H,3-5H2,1-2H3. The minimum atomic E-state index is -4.70. The summed E-state index contributed by atoms with van der Waals surface area (Å²) in [6, 6.07) is 2.52. The van der Waals surface area contributed by atoms with E-state index in [1.54, 1.807) is 17.8 Å². The van der Waals surface area contributed by atoms with Gasteiger partial charge in [-0.15, -0.1) is 0 Å². The molecule has 6 nitrogen and oxygen atoms in total.